The van der Waals surface area contributed by atoms with Crippen molar-refractivity contribution in [1.29, 1.82) is 0 Å². The second-order valence-electron chi connectivity index (χ2n) is 8.88. The topological polar surface area (TPSA) is 0 Å². The Morgan fingerprint density at radius 1 is 0.469 bits per heavy atom. The predicted octanol–water partition coefficient (Wildman–Crippen LogP) is 9.06. The van der Waals surface area contributed by atoms with Crippen LogP contribution in [0.1, 0.15) is 33.4 Å². The van der Waals surface area contributed by atoms with Crippen molar-refractivity contribution in [3.05, 3.63) is 118 Å². The smallest absolute Gasteiger partial charge is 0.00668 e. The van der Waals surface area contributed by atoms with Crippen molar-refractivity contribution in [2.75, 3.05) is 0 Å². The molecular formula is C32H28. The third kappa shape index (κ3) is 3.52. The lowest BCUT2D eigenvalue weighted by molar-refractivity contribution is 1.40. The molecule has 0 nitrogen and oxygen atoms in total. The number of hydrogen-bond acceptors (Lipinski definition) is 0. The van der Waals surface area contributed by atoms with Crippen LogP contribution in [-0.2, 0) is 0 Å². The molecule has 0 aliphatic heterocycles. The monoisotopic (exact) mass is 412 g/mol. The maximum absolute atomic E-state index is 2.34. The highest BCUT2D eigenvalue weighted by atomic mass is 14.2. The Bertz CT molecular complexity index is 1480. The first-order valence-corrected chi connectivity index (χ1v) is 11.3. The maximum Gasteiger partial charge on any atom is -0.00668 e. The molecule has 5 rings (SSSR count). The summed E-state index contributed by atoms with van der Waals surface area (Å²) in [4.78, 5) is 0. The molecule has 0 fully saturated rings. The van der Waals surface area contributed by atoms with Gasteiger partial charge in [0.1, 0.15) is 0 Å². The van der Waals surface area contributed by atoms with Gasteiger partial charge in [-0.05, 0) is 88.2 Å². The van der Waals surface area contributed by atoms with E-state index in [1.807, 2.05) is 0 Å². The highest BCUT2D eigenvalue weighted by Gasteiger charge is 2.16. The molecule has 0 heterocycles. The summed E-state index contributed by atoms with van der Waals surface area (Å²) >= 11 is 0. The van der Waals surface area contributed by atoms with Gasteiger partial charge in [-0.15, -0.1) is 0 Å². The summed E-state index contributed by atoms with van der Waals surface area (Å²) in [5, 5.41) is 5.27. The summed E-state index contributed by atoms with van der Waals surface area (Å²) in [6.07, 6.45) is 4.47. The first kappa shape index (κ1) is 20.3. The van der Waals surface area contributed by atoms with E-state index in [1.54, 1.807) is 0 Å². The number of rotatable bonds is 3. The molecule has 0 heteroatoms. The summed E-state index contributed by atoms with van der Waals surface area (Å²) in [5.41, 5.74) is 10.4. The van der Waals surface area contributed by atoms with Crippen molar-refractivity contribution in [2.45, 2.75) is 27.7 Å². The molecule has 5 aromatic rings. The van der Waals surface area contributed by atoms with E-state index in [0.717, 1.165) is 0 Å². The second kappa shape index (κ2) is 8.13. The number of fused-ring (bicyclic) bond motifs is 2. The Hall–Kier alpha value is -3.64. The normalized spacial score (nSPS) is 11.6. The molecule has 0 N–H and O–H groups in total. The van der Waals surface area contributed by atoms with Gasteiger partial charge in [0, 0.05) is 0 Å². The minimum Gasteiger partial charge on any atom is -0.0616 e. The van der Waals surface area contributed by atoms with Crippen LogP contribution < -0.4 is 0 Å². The van der Waals surface area contributed by atoms with E-state index in [9.17, 15) is 0 Å². The fourth-order valence-corrected chi connectivity index (χ4v) is 4.95. The number of benzene rings is 5. The lowest BCUT2D eigenvalue weighted by Gasteiger charge is -2.19. The van der Waals surface area contributed by atoms with Crippen LogP contribution in [0.15, 0.2) is 84.9 Å². The molecule has 32 heavy (non-hydrogen) atoms. The molecule has 0 spiro atoms. The van der Waals surface area contributed by atoms with Gasteiger partial charge in [-0.1, -0.05) is 103 Å². The van der Waals surface area contributed by atoms with Gasteiger partial charge in [-0.2, -0.15) is 0 Å². The number of aryl methyl sites for hydroxylation is 4. The first-order valence-electron chi connectivity index (χ1n) is 11.3. The van der Waals surface area contributed by atoms with Gasteiger partial charge >= 0.3 is 0 Å². The molecule has 0 saturated heterocycles. The fourth-order valence-electron chi connectivity index (χ4n) is 4.95. The van der Waals surface area contributed by atoms with E-state index < -0.39 is 0 Å². The van der Waals surface area contributed by atoms with Crippen molar-refractivity contribution >= 4 is 33.7 Å². The van der Waals surface area contributed by atoms with Gasteiger partial charge in [-0.25, -0.2) is 0 Å². The molecule has 0 aromatic heterocycles. The zero-order valence-corrected chi connectivity index (χ0v) is 19.2. The standard InChI is InChI=1S/C32H28/c1-21-13-15-25(16-14-21)17-18-26-20-24(4)32(30-12-8-6-10-28(26)30)31-23(3)19-22(2)27-9-5-7-11-29(27)31/h5-20H,1-4H3/b18-17+. The summed E-state index contributed by atoms with van der Waals surface area (Å²) in [7, 11) is 0. The molecule has 156 valence electrons. The zero-order valence-electron chi connectivity index (χ0n) is 19.2. The van der Waals surface area contributed by atoms with Crippen LogP contribution in [0, 0.1) is 27.7 Å². The quantitative estimate of drug-likeness (QED) is 0.259. The highest BCUT2D eigenvalue weighted by molar-refractivity contribution is 6.10. The van der Waals surface area contributed by atoms with Crippen LogP contribution in [0.25, 0.3) is 44.8 Å². The Kier molecular flexibility index (Phi) is 5.15. The van der Waals surface area contributed by atoms with Gasteiger partial charge < -0.3 is 0 Å². The molecule has 0 amide bonds. The third-order valence-electron chi connectivity index (χ3n) is 6.51. The van der Waals surface area contributed by atoms with E-state index in [2.05, 4.69) is 125 Å². The van der Waals surface area contributed by atoms with Crippen molar-refractivity contribution in [1.82, 2.24) is 0 Å². The summed E-state index contributed by atoms with van der Waals surface area (Å²) in [5.74, 6) is 0. The van der Waals surface area contributed by atoms with Crippen LogP contribution in [0.4, 0.5) is 0 Å². The third-order valence-corrected chi connectivity index (χ3v) is 6.51. The molecule has 0 aliphatic carbocycles. The van der Waals surface area contributed by atoms with Crippen molar-refractivity contribution in [3.8, 4) is 11.1 Å². The Morgan fingerprint density at radius 2 is 1.00 bits per heavy atom. The highest BCUT2D eigenvalue weighted by Crippen LogP contribution is 2.41. The van der Waals surface area contributed by atoms with Gasteiger partial charge in [0.05, 0.1) is 0 Å². The fraction of sp³-hybridized carbons (Fsp3) is 0.125. The van der Waals surface area contributed by atoms with Crippen LogP contribution in [0.3, 0.4) is 0 Å². The number of hydrogen-bond donors (Lipinski definition) is 0. The van der Waals surface area contributed by atoms with E-state index in [0.29, 0.717) is 0 Å². The predicted molar refractivity (Wildman–Crippen MR) is 141 cm³/mol. The minimum atomic E-state index is 1.22. The molecule has 0 unspecified atom stereocenters. The van der Waals surface area contributed by atoms with Crippen LogP contribution in [0.2, 0.25) is 0 Å². The largest absolute Gasteiger partial charge is 0.0616 e. The summed E-state index contributed by atoms with van der Waals surface area (Å²) < 4.78 is 0. The Labute approximate surface area is 190 Å². The lowest BCUT2D eigenvalue weighted by Crippen LogP contribution is -1.94. The van der Waals surface area contributed by atoms with E-state index in [-0.39, 0.29) is 0 Å². The SMILES string of the molecule is Cc1ccc(/C=C/c2cc(C)c(-c3c(C)cc(C)c4ccccc34)c3ccccc23)cc1. The molecule has 0 bridgehead atoms. The molecule has 5 aromatic carbocycles. The molecule has 0 aliphatic rings. The van der Waals surface area contributed by atoms with E-state index in [4.69, 9.17) is 0 Å². The zero-order chi connectivity index (χ0) is 22.2. The minimum absolute atomic E-state index is 1.22. The van der Waals surface area contributed by atoms with Gasteiger partial charge in [-0.3, -0.25) is 0 Å². The van der Waals surface area contributed by atoms with Crippen LogP contribution in [-0.4, -0.2) is 0 Å². The average Bonchev–Trinajstić information content (AvgIpc) is 2.80. The summed E-state index contributed by atoms with van der Waals surface area (Å²) in [6.45, 7) is 8.83. The van der Waals surface area contributed by atoms with Gasteiger partial charge in [0.25, 0.3) is 0 Å². The van der Waals surface area contributed by atoms with Crippen molar-refractivity contribution < 1.29 is 0 Å². The maximum atomic E-state index is 2.34. The van der Waals surface area contributed by atoms with Gasteiger partial charge in [0.2, 0.25) is 0 Å². The Morgan fingerprint density at radius 3 is 1.66 bits per heavy atom. The van der Waals surface area contributed by atoms with E-state index in [1.165, 1.54) is 66.1 Å². The first-order chi connectivity index (χ1) is 15.5. The van der Waals surface area contributed by atoms with Crippen LogP contribution in [0.5, 0.6) is 0 Å². The molecule has 0 saturated carbocycles. The molecular weight excluding hydrogens is 384 g/mol. The molecule has 0 atom stereocenters. The van der Waals surface area contributed by atoms with Gasteiger partial charge in [0.15, 0.2) is 0 Å². The molecule has 0 radical (unpaired) electrons. The summed E-state index contributed by atoms with van der Waals surface area (Å²) in [6, 6.07) is 31.0. The second-order valence-corrected chi connectivity index (χ2v) is 8.88. The van der Waals surface area contributed by atoms with Crippen molar-refractivity contribution in [3.63, 3.8) is 0 Å². The van der Waals surface area contributed by atoms with Crippen LogP contribution >= 0.6 is 0 Å². The van der Waals surface area contributed by atoms with Crippen molar-refractivity contribution in [2.24, 2.45) is 0 Å². The Balaban J connectivity index is 1.76. The average molecular weight is 413 g/mol. The van der Waals surface area contributed by atoms with E-state index >= 15 is 0 Å². The lowest BCUT2D eigenvalue weighted by atomic mass is 9.85.